The number of carbonyl (C=O) groups excluding carboxylic acids is 1. The molecule has 4 aromatic rings. The lowest BCUT2D eigenvalue weighted by Gasteiger charge is -2.27. The van der Waals surface area contributed by atoms with E-state index >= 15 is 0 Å². The number of nitrogens with one attached hydrogen (secondary N) is 2. The van der Waals surface area contributed by atoms with Crippen molar-refractivity contribution in [2.45, 2.75) is 71.1 Å². The predicted molar refractivity (Wildman–Crippen MR) is 197 cm³/mol. The third-order valence-electron chi connectivity index (χ3n) is 8.33. The summed E-state index contributed by atoms with van der Waals surface area (Å²) in [5, 5.41) is 4.03. The highest BCUT2D eigenvalue weighted by Gasteiger charge is 2.24. The smallest absolute Gasteiger partial charge is 0.307 e. The number of aromatic nitrogens is 2. The van der Waals surface area contributed by atoms with Gasteiger partial charge in [-0.2, -0.15) is 0 Å². The monoisotopic (exact) mass is 639 g/mol. The van der Waals surface area contributed by atoms with Crippen molar-refractivity contribution in [3.63, 3.8) is 0 Å². The van der Waals surface area contributed by atoms with Gasteiger partial charge in [0, 0.05) is 41.0 Å². The summed E-state index contributed by atoms with van der Waals surface area (Å²) < 4.78 is 0. The number of urea groups is 1. The molecule has 0 saturated heterocycles. The van der Waals surface area contributed by atoms with Crippen LogP contribution in [0, 0.1) is 0 Å². The largest absolute Gasteiger partial charge is 0.326 e. The normalized spacial score (nSPS) is 11.5. The number of amides is 2. The van der Waals surface area contributed by atoms with Gasteiger partial charge in [-0.25, -0.2) is 9.78 Å². The van der Waals surface area contributed by atoms with Gasteiger partial charge in [0.2, 0.25) is 0 Å². The maximum absolute atomic E-state index is 14.2. The number of anilines is 2. The summed E-state index contributed by atoms with van der Waals surface area (Å²) in [6.45, 7) is 20.4. The van der Waals surface area contributed by atoms with Gasteiger partial charge in [-0.3, -0.25) is 9.69 Å². The Morgan fingerprint density at radius 2 is 1.70 bits per heavy atom. The number of hydrogen-bond acceptors (Lipinski definition) is 5. The lowest BCUT2D eigenvalue weighted by atomic mass is 9.88. The maximum Gasteiger partial charge on any atom is 0.326 e. The minimum atomic E-state index is -0.349. The van der Waals surface area contributed by atoms with E-state index in [1.54, 1.807) is 17.2 Å². The molecule has 0 aliphatic heterocycles. The standard InChI is InChI=1S/C38H49N5O2S/c1-8-11-12-19-43(34-25-29-16-14-18-39-36(29)41-37(34)44)38(45)40-35-32(26(4)5)23-30(24-33(35)27(6)7)28-15-13-17-31(22-28)46-21-20-42(9-2)10-3/h8,13-18,22-27H,1,9-12,19-21H2,2-7H3,(H,40,45)(H,39,41,44). The second-order valence-corrected chi connectivity index (χ2v) is 13.3. The predicted octanol–water partition coefficient (Wildman–Crippen LogP) is 9.28. The molecule has 2 aromatic heterocycles. The number of aromatic amines is 1. The Bertz CT molecular complexity index is 1660. The highest BCUT2D eigenvalue weighted by atomic mass is 32.2. The average Bonchev–Trinajstić information content (AvgIpc) is 3.05. The Balaban J connectivity index is 1.70. The van der Waals surface area contributed by atoms with Crippen molar-refractivity contribution < 1.29 is 4.79 Å². The van der Waals surface area contributed by atoms with Gasteiger partial charge in [-0.15, -0.1) is 18.3 Å². The first kappa shape index (κ1) is 35.0. The topological polar surface area (TPSA) is 81.3 Å². The van der Waals surface area contributed by atoms with Crippen LogP contribution in [-0.2, 0) is 0 Å². The molecular weight excluding hydrogens is 591 g/mol. The van der Waals surface area contributed by atoms with Gasteiger partial charge in [0.25, 0.3) is 5.56 Å². The molecule has 7 nitrogen and oxygen atoms in total. The molecule has 0 radical (unpaired) electrons. The van der Waals surface area contributed by atoms with Crippen LogP contribution in [0.25, 0.3) is 22.2 Å². The number of fused-ring (bicyclic) bond motifs is 1. The van der Waals surface area contributed by atoms with E-state index in [4.69, 9.17) is 0 Å². The van der Waals surface area contributed by atoms with Gasteiger partial charge in [0.15, 0.2) is 0 Å². The SMILES string of the molecule is C=CCCCN(C(=O)Nc1c(C(C)C)cc(-c2cccc(SCCN(CC)CC)c2)cc1C(C)C)c1cc2cccnc2[nH]c1=O. The van der Waals surface area contributed by atoms with Crippen LogP contribution >= 0.6 is 11.8 Å². The molecule has 2 amide bonds. The van der Waals surface area contributed by atoms with E-state index in [9.17, 15) is 9.59 Å². The Hall–Kier alpha value is -3.88. The van der Waals surface area contributed by atoms with Crippen LogP contribution in [-0.4, -0.2) is 52.8 Å². The first-order valence-corrected chi connectivity index (χ1v) is 17.5. The van der Waals surface area contributed by atoms with Gasteiger partial charge in [-0.05, 0) is 102 Å². The van der Waals surface area contributed by atoms with Gasteiger partial charge >= 0.3 is 6.03 Å². The fourth-order valence-corrected chi connectivity index (χ4v) is 6.60. The van der Waals surface area contributed by atoms with Crippen molar-refractivity contribution in [2.24, 2.45) is 0 Å². The first-order chi connectivity index (χ1) is 22.2. The molecule has 8 heteroatoms. The summed E-state index contributed by atoms with van der Waals surface area (Å²) in [4.78, 5) is 39.8. The van der Waals surface area contributed by atoms with Crippen LogP contribution in [0.2, 0.25) is 0 Å². The lowest BCUT2D eigenvalue weighted by molar-refractivity contribution is 0.256. The molecule has 0 aliphatic carbocycles. The van der Waals surface area contributed by atoms with Crippen LogP contribution in [0.1, 0.15) is 77.3 Å². The molecular formula is C38H49N5O2S. The summed E-state index contributed by atoms with van der Waals surface area (Å²) in [5.41, 5.74) is 5.69. The third-order valence-corrected chi connectivity index (χ3v) is 9.31. The van der Waals surface area contributed by atoms with Crippen molar-refractivity contribution >= 4 is 40.2 Å². The Morgan fingerprint density at radius 3 is 2.35 bits per heavy atom. The molecule has 0 saturated carbocycles. The summed E-state index contributed by atoms with van der Waals surface area (Å²) in [6.07, 6.45) is 4.87. The zero-order valence-electron chi connectivity index (χ0n) is 28.2. The zero-order valence-corrected chi connectivity index (χ0v) is 29.0. The fourth-order valence-electron chi connectivity index (χ4n) is 5.63. The molecule has 0 spiro atoms. The second-order valence-electron chi connectivity index (χ2n) is 12.2. The Kier molecular flexibility index (Phi) is 12.6. The number of benzene rings is 2. The van der Waals surface area contributed by atoms with E-state index in [-0.39, 0.29) is 23.4 Å². The minimum Gasteiger partial charge on any atom is -0.307 e. The Labute approximate surface area is 278 Å². The molecule has 0 unspecified atom stereocenters. The molecule has 4 rings (SSSR count). The molecule has 0 bridgehead atoms. The van der Waals surface area contributed by atoms with Crippen molar-refractivity contribution in [1.82, 2.24) is 14.9 Å². The Morgan fingerprint density at radius 1 is 0.978 bits per heavy atom. The van der Waals surface area contributed by atoms with E-state index in [1.807, 2.05) is 30.0 Å². The molecule has 0 fully saturated rings. The van der Waals surface area contributed by atoms with Gasteiger partial charge in [0.05, 0.1) is 0 Å². The van der Waals surface area contributed by atoms with Crippen LogP contribution < -0.4 is 15.8 Å². The van der Waals surface area contributed by atoms with E-state index in [1.165, 1.54) is 4.90 Å². The molecule has 2 N–H and O–H groups in total. The van der Waals surface area contributed by atoms with Crippen LogP contribution in [0.5, 0.6) is 0 Å². The van der Waals surface area contributed by atoms with Crippen LogP contribution in [0.3, 0.4) is 0 Å². The number of allylic oxidation sites excluding steroid dienone is 1. The van der Waals surface area contributed by atoms with E-state index < -0.39 is 0 Å². The van der Waals surface area contributed by atoms with Crippen molar-refractivity contribution in [3.8, 4) is 11.1 Å². The highest BCUT2D eigenvalue weighted by molar-refractivity contribution is 7.99. The lowest BCUT2D eigenvalue weighted by Crippen LogP contribution is -2.39. The van der Waals surface area contributed by atoms with Gasteiger partial charge in [-0.1, -0.05) is 59.8 Å². The van der Waals surface area contributed by atoms with Crippen molar-refractivity contribution in [2.75, 3.05) is 42.1 Å². The number of rotatable bonds is 15. The second kappa shape index (κ2) is 16.6. The van der Waals surface area contributed by atoms with Crippen molar-refractivity contribution in [1.29, 1.82) is 0 Å². The average molecular weight is 640 g/mol. The number of unbranched alkanes of at least 4 members (excludes halogenated alkanes) is 1. The zero-order chi connectivity index (χ0) is 33.2. The van der Waals surface area contributed by atoms with Crippen LogP contribution in [0.15, 0.2) is 83.1 Å². The summed E-state index contributed by atoms with van der Waals surface area (Å²) in [6, 6.07) is 18.3. The number of H-pyrrole nitrogens is 1. The number of thioether (sulfide) groups is 1. The van der Waals surface area contributed by atoms with E-state index in [0.29, 0.717) is 24.3 Å². The van der Waals surface area contributed by atoms with Crippen LogP contribution in [0.4, 0.5) is 16.2 Å². The molecule has 244 valence electrons. The summed E-state index contributed by atoms with van der Waals surface area (Å²) in [5.74, 6) is 1.36. The third kappa shape index (κ3) is 8.68. The molecule has 46 heavy (non-hydrogen) atoms. The number of nitrogens with zero attached hydrogens (tertiary/aromatic N) is 3. The van der Waals surface area contributed by atoms with Gasteiger partial charge < -0.3 is 15.2 Å². The van der Waals surface area contributed by atoms with E-state index in [0.717, 1.165) is 65.1 Å². The number of hydrogen-bond donors (Lipinski definition) is 2. The summed E-state index contributed by atoms with van der Waals surface area (Å²) in [7, 11) is 0. The molecule has 0 aliphatic rings. The maximum atomic E-state index is 14.2. The van der Waals surface area contributed by atoms with E-state index in [2.05, 4.69) is 105 Å². The quantitative estimate of drug-likeness (QED) is 0.0770. The molecule has 2 aromatic carbocycles. The van der Waals surface area contributed by atoms with Crippen molar-refractivity contribution in [3.05, 3.63) is 94.9 Å². The highest BCUT2D eigenvalue weighted by Crippen LogP contribution is 2.38. The first-order valence-electron chi connectivity index (χ1n) is 16.5. The number of pyridine rings is 2. The minimum absolute atomic E-state index is 0.156. The van der Waals surface area contributed by atoms with Gasteiger partial charge in [0.1, 0.15) is 11.3 Å². The fraction of sp³-hybridized carbons (Fsp3) is 0.395. The molecule has 0 atom stereocenters. The molecule has 2 heterocycles. The number of carbonyl (C=O) groups is 1. The summed E-state index contributed by atoms with van der Waals surface area (Å²) >= 11 is 1.89.